The molecular weight excluding hydrogens is 224 g/mol. The third-order valence-electron chi connectivity index (χ3n) is 3.60. The van der Waals surface area contributed by atoms with Crippen molar-refractivity contribution in [2.24, 2.45) is 11.3 Å². The summed E-state index contributed by atoms with van der Waals surface area (Å²) in [4.78, 5) is 11.1. The van der Waals surface area contributed by atoms with Crippen LogP contribution in [0.4, 0.5) is 0 Å². The zero-order valence-electron chi connectivity index (χ0n) is 12.0. The average Bonchev–Trinajstić information content (AvgIpc) is 2.27. The van der Waals surface area contributed by atoms with E-state index < -0.39 is 0 Å². The Labute approximate surface area is 110 Å². The highest BCUT2D eigenvalue weighted by Gasteiger charge is 2.30. The van der Waals surface area contributed by atoms with Crippen LogP contribution in [-0.4, -0.2) is 5.97 Å². The first-order valence-corrected chi connectivity index (χ1v) is 6.61. The Morgan fingerprint density at radius 1 is 1.61 bits per heavy atom. The standard InChI is InChI=1S/C16H24O2/c1-6-15(17)18-13(3)9-10-14-12(2)8-7-11-16(14,4)5/h8-10,14H,3,6-7,11H2,1-2,4-5H3/b10-9+. The van der Waals surface area contributed by atoms with E-state index in [-0.39, 0.29) is 11.4 Å². The van der Waals surface area contributed by atoms with Crippen molar-refractivity contribution >= 4 is 5.97 Å². The van der Waals surface area contributed by atoms with Crippen molar-refractivity contribution in [1.82, 2.24) is 0 Å². The van der Waals surface area contributed by atoms with Gasteiger partial charge in [-0.3, -0.25) is 4.79 Å². The lowest BCUT2D eigenvalue weighted by Gasteiger charge is -2.36. The van der Waals surface area contributed by atoms with Crippen molar-refractivity contribution in [1.29, 1.82) is 0 Å². The normalized spacial score (nSPS) is 22.7. The Morgan fingerprint density at radius 3 is 2.83 bits per heavy atom. The molecule has 2 heteroatoms. The highest BCUT2D eigenvalue weighted by atomic mass is 16.5. The van der Waals surface area contributed by atoms with Gasteiger partial charge in [0.1, 0.15) is 5.76 Å². The summed E-state index contributed by atoms with van der Waals surface area (Å²) in [5.41, 5.74) is 1.64. The van der Waals surface area contributed by atoms with Crippen LogP contribution in [0.5, 0.6) is 0 Å². The Balaban J connectivity index is 2.70. The van der Waals surface area contributed by atoms with Crippen LogP contribution in [0.2, 0.25) is 0 Å². The Hall–Kier alpha value is -1.31. The van der Waals surface area contributed by atoms with Gasteiger partial charge in [-0.15, -0.1) is 0 Å². The topological polar surface area (TPSA) is 26.3 Å². The number of allylic oxidation sites excluding steroid dienone is 4. The molecule has 0 bridgehead atoms. The van der Waals surface area contributed by atoms with Gasteiger partial charge in [0.2, 0.25) is 0 Å². The number of carbonyl (C=O) groups is 1. The van der Waals surface area contributed by atoms with Gasteiger partial charge in [0.05, 0.1) is 0 Å². The number of rotatable bonds is 4. The van der Waals surface area contributed by atoms with Gasteiger partial charge in [-0.05, 0) is 31.3 Å². The second kappa shape index (κ2) is 6.03. The number of hydrogen-bond donors (Lipinski definition) is 0. The first-order chi connectivity index (χ1) is 8.36. The fraction of sp³-hybridized carbons (Fsp3) is 0.562. The highest BCUT2D eigenvalue weighted by Crippen LogP contribution is 2.41. The van der Waals surface area contributed by atoms with Crippen LogP contribution < -0.4 is 0 Å². The van der Waals surface area contributed by atoms with Crippen LogP contribution in [0.3, 0.4) is 0 Å². The van der Waals surface area contributed by atoms with Crippen LogP contribution in [0.25, 0.3) is 0 Å². The van der Waals surface area contributed by atoms with Gasteiger partial charge < -0.3 is 4.74 Å². The highest BCUT2D eigenvalue weighted by molar-refractivity contribution is 5.70. The monoisotopic (exact) mass is 248 g/mol. The Kier molecular flexibility index (Phi) is 4.94. The van der Waals surface area contributed by atoms with E-state index in [1.54, 1.807) is 6.92 Å². The van der Waals surface area contributed by atoms with Crippen molar-refractivity contribution < 1.29 is 9.53 Å². The average molecular weight is 248 g/mol. The molecule has 0 saturated heterocycles. The van der Waals surface area contributed by atoms with Crippen molar-refractivity contribution in [3.05, 3.63) is 36.1 Å². The number of carbonyl (C=O) groups excluding carboxylic acids is 1. The molecule has 0 aliphatic heterocycles. The van der Waals surface area contributed by atoms with E-state index in [0.29, 0.717) is 18.1 Å². The Morgan fingerprint density at radius 2 is 2.28 bits per heavy atom. The van der Waals surface area contributed by atoms with E-state index in [9.17, 15) is 4.79 Å². The molecule has 0 radical (unpaired) electrons. The maximum atomic E-state index is 11.1. The molecule has 0 saturated carbocycles. The number of hydrogen-bond acceptors (Lipinski definition) is 2. The maximum Gasteiger partial charge on any atom is 0.310 e. The fourth-order valence-corrected chi connectivity index (χ4v) is 2.44. The van der Waals surface area contributed by atoms with Gasteiger partial charge in [0.15, 0.2) is 0 Å². The molecule has 18 heavy (non-hydrogen) atoms. The summed E-state index contributed by atoms with van der Waals surface area (Å²) in [6.45, 7) is 12.2. The molecule has 0 aromatic heterocycles. The Bertz CT molecular complexity index is 386. The van der Waals surface area contributed by atoms with Crippen molar-refractivity contribution in [3.8, 4) is 0 Å². The summed E-state index contributed by atoms with van der Waals surface area (Å²) in [6.07, 6.45) is 8.93. The lowest BCUT2D eigenvalue weighted by atomic mass is 9.68. The molecule has 0 heterocycles. The van der Waals surface area contributed by atoms with E-state index in [0.717, 1.165) is 6.42 Å². The predicted molar refractivity (Wildman–Crippen MR) is 74.9 cm³/mol. The summed E-state index contributed by atoms with van der Waals surface area (Å²) in [5.74, 6) is 0.583. The maximum absolute atomic E-state index is 11.1. The van der Waals surface area contributed by atoms with E-state index >= 15 is 0 Å². The molecule has 1 unspecified atom stereocenters. The van der Waals surface area contributed by atoms with E-state index in [2.05, 4.69) is 39.5 Å². The van der Waals surface area contributed by atoms with Crippen molar-refractivity contribution in [2.75, 3.05) is 0 Å². The third kappa shape index (κ3) is 3.86. The summed E-state index contributed by atoms with van der Waals surface area (Å²) in [5, 5.41) is 0. The van der Waals surface area contributed by atoms with Gasteiger partial charge in [-0.1, -0.05) is 45.1 Å². The smallest absolute Gasteiger partial charge is 0.310 e. The van der Waals surface area contributed by atoms with Crippen LogP contribution in [0.15, 0.2) is 36.1 Å². The minimum Gasteiger partial charge on any atom is -0.427 e. The minimum absolute atomic E-state index is 0.236. The first-order valence-electron chi connectivity index (χ1n) is 6.61. The van der Waals surface area contributed by atoms with Crippen molar-refractivity contribution in [2.45, 2.75) is 47.0 Å². The first kappa shape index (κ1) is 14.7. The third-order valence-corrected chi connectivity index (χ3v) is 3.60. The molecule has 0 amide bonds. The molecule has 0 fully saturated rings. The van der Waals surface area contributed by atoms with Crippen LogP contribution in [-0.2, 0) is 9.53 Å². The molecular formula is C16H24O2. The summed E-state index contributed by atoms with van der Waals surface area (Å²) in [6, 6.07) is 0. The second-order valence-corrected chi connectivity index (χ2v) is 5.61. The molecule has 0 aromatic carbocycles. The molecule has 0 aromatic rings. The lowest BCUT2D eigenvalue weighted by molar-refractivity contribution is -0.138. The van der Waals surface area contributed by atoms with Crippen LogP contribution in [0.1, 0.15) is 47.0 Å². The molecule has 1 aliphatic carbocycles. The summed E-state index contributed by atoms with van der Waals surface area (Å²) >= 11 is 0. The van der Waals surface area contributed by atoms with Gasteiger partial charge in [0, 0.05) is 12.3 Å². The fourth-order valence-electron chi connectivity index (χ4n) is 2.44. The molecule has 0 N–H and O–H groups in total. The molecule has 0 spiro atoms. The second-order valence-electron chi connectivity index (χ2n) is 5.61. The van der Waals surface area contributed by atoms with Crippen molar-refractivity contribution in [3.63, 3.8) is 0 Å². The number of ether oxygens (including phenoxy) is 1. The molecule has 2 nitrogen and oxygen atoms in total. The van der Waals surface area contributed by atoms with E-state index in [1.165, 1.54) is 12.0 Å². The minimum atomic E-state index is -0.236. The van der Waals surface area contributed by atoms with E-state index in [4.69, 9.17) is 4.74 Å². The molecule has 1 rings (SSSR count). The number of esters is 1. The van der Waals surface area contributed by atoms with Gasteiger partial charge in [0.25, 0.3) is 0 Å². The molecule has 1 aliphatic rings. The summed E-state index contributed by atoms with van der Waals surface area (Å²) in [7, 11) is 0. The van der Waals surface area contributed by atoms with Gasteiger partial charge >= 0.3 is 5.97 Å². The lowest BCUT2D eigenvalue weighted by Crippen LogP contribution is -2.26. The zero-order chi connectivity index (χ0) is 13.8. The molecule has 1 atom stereocenters. The summed E-state index contributed by atoms with van der Waals surface area (Å²) < 4.78 is 5.05. The van der Waals surface area contributed by atoms with Crippen LogP contribution >= 0.6 is 0 Å². The largest absolute Gasteiger partial charge is 0.427 e. The van der Waals surface area contributed by atoms with Gasteiger partial charge in [-0.2, -0.15) is 0 Å². The van der Waals surface area contributed by atoms with Gasteiger partial charge in [-0.25, -0.2) is 0 Å². The zero-order valence-corrected chi connectivity index (χ0v) is 12.0. The van der Waals surface area contributed by atoms with Crippen LogP contribution in [0, 0.1) is 11.3 Å². The SMILES string of the molecule is C=C(/C=C/C1C(C)=CCCC1(C)C)OC(=O)CC. The predicted octanol–water partition coefficient (Wildman–Crippen LogP) is 4.39. The van der Waals surface area contributed by atoms with E-state index in [1.807, 2.05) is 6.08 Å². The molecule has 100 valence electrons. The quantitative estimate of drug-likeness (QED) is 0.319.